The molecule has 1 saturated heterocycles. The Kier molecular flexibility index (Phi) is 14.7. The van der Waals surface area contributed by atoms with Gasteiger partial charge in [0, 0.05) is 35.4 Å². The number of ether oxygens (including phenoxy) is 2. The van der Waals surface area contributed by atoms with Crippen LogP contribution in [0, 0.1) is 6.92 Å². The van der Waals surface area contributed by atoms with Crippen molar-refractivity contribution in [2.45, 2.75) is 67.6 Å². The molecular formula is C56H51N3O7S2. The number of carbonyl (C=O) groups is 1. The van der Waals surface area contributed by atoms with Crippen molar-refractivity contribution in [3.63, 3.8) is 0 Å². The maximum atomic E-state index is 13.9. The Hall–Kier alpha value is -6.64. The molecule has 1 aromatic heterocycles. The van der Waals surface area contributed by atoms with Crippen LogP contribution in [0.4, 0.5) is 0 Å². The monoisotopic (exact) mass is 941 g/mol. The quantitative estimate of drug-likeness (QED) is 0.0761. The summed E-state index contributed by atoms with van der Waals surface area (Å²) in [6, 6.07) is 58.6. The number of aliphatic hydroxyl groups excluding tert-OH is 1. The Morgan fingerprint density at radius 1 is 0.706 bits per heavy atom. The minimum Gasteiger partial charge on any atom is -0.431 e. The molecule has 1 fully saturated rings. The molecule has 12 heteroatoms. The molecule has 0 radical (unpaired) electrons. The zero-order chi connectivity index (χ0) is 46.9. The number of aryl methyl sites for hydroxylation is 1. The Labute approximate surface area is 401 Å². The number of nitrogens with one attached hydrogen (secondary N) is 2. The largest absolute Gasteiger partial charge is 0.431 e. The number of hydrogen-bond donors (Lipinski definition) is 3. The van der Waals surface area contributed by atoms with Crippen molar-refractivity contribution in [3.05, 3.63) is 221 Å². The normalized spacial score (nSPS) is 16.5. The van der Waals surface area contributed by atoms with Crippen molar-refractivity contribution < 1.29 is 32.2 Å². The van der Waals surface area contributed by atoms with Crippen molar-refractivity contribution in [1.82, 2.24) is 15.0 Å². The Bertz CT molecular complexity index is 2970. The van der Waals surface area contributed by atoms with E-state index in [0.717, 1.165) is 61.3 Å². The van der Waals surface area contributed by atoms with E-state index in [1.165, 1.54) is 11.8 Å². The Balaban J connectivity index is 0.919. The lowest BCUT2D eigenvalue weighted by atomic mass is 9.97. The summed E-state index contributed by atoms with van der Waals surface area (Å²) in [7, 11) is -4.00. The molecule has 8 aromatic rings. The van der Waals surface area contributed by atoms with E-state index in [2.05, 4.69) is 10.0 Å². The van der Waals surface area contributed by atoms with Crippen molar-refractivity contribution in [1.29, 1.82) is 0 Å². The van der Waals surface area contributed by atoms with E-state index in [4.69, 9.17) is 18.9 Å². The number of oxazole rings is 1. The lowest BCUT2D eigenvalue weighted by Crippen LogP contribution is -2.47. The summed E-state index contributed by atoms with van der Waals surface area (Å²) in [4.78, 5) is 19.0. The Morgan fingerprint density at radius 2 is 1.34 bits per heavy atom. The molecule has 4 atom stereocenters. The average Bonchev–Trinajstić information content (AvgIpc) is 3.83. The third-order valence-corrected chi connectivity index (χ3v) is 14.3. The van der Waals surface area contributed by atoms with Gasteiger partial charge in [-0.3, -0.25) is 4.79 Å². The molecule has 0 aliphatic carbocycles. The molecule has 344 valence electrons. The number of benzene rings is 7. The first kappa shape index (κ1) is 46.5. The second-order valence-electron chi connectivity index (χ2n) is 16.7. The van der Waals surface area contributed by atoms with E-state index in [9.17, 15) is 18.3 Å². The molecule has 1 amide bonds. The number of aromatic nitrogens is 1. The van der Waals surface area contributed by atoms with E-state index >= 15 is 0 Å². The summed E-state index contributed by atoms with van der Waals surface area (Å²) >= 11 is 1.51. The van der Waals surface area contributed by atoms with E-state index in [1.54, 1.807) is 24.3 Å². The van der Waals surface area contributed by atoms with Crippen LogP contribution in [0.1, 0.15) is 52.2 Å². The van der Waals surface area contributed by atoms with Crippen LogP contribution in [0.25, 0.3) is 33.7 Å². The van der Waals surface area contributed by atoms with Crippen LogP contribution in [0.3, 0.4) is 0 Å². The number of aliphatic hydroxyl groups is 1. The van der Waals surface area contributed by atoms with Gasteiger partial charge in [0.15, 0.2) is 12.1 Å². The summed E-state index contributed by atoms with van der Waals surface area (Å²) in [5.41, 5.74) is 9.80. The molecular weight excluding hydrogens is 891 g/mol. The molecule has 1 aliphatic heterocycles. The highest BCUT2D eigenvalue weighted by Gasteiger charge is 2.33. The average molecular weight is 942 g/mol. The number of nitrogens with zero attached hydrogens (tertiary/aromatic N) is 1. The standard InChI is InChI=1S/C56H51N3O7S2/c1-38-21-31-48(32-22-38)68(62,63)59-50(33-39-13-5-2-6-14-39)54(61)57-35-46-19-11-12-20-49(46)41-27-29-45(30-28-41)55-64-47(34-51(65-55)42-25-23-40(36-60)24-26-42)37-67-56-58-52(43-15-7-3-8-16-43)53(66-56)44-17-9-4-10-18-44/h2-32,47,50-51,55,59-60H,33-37H2,1H3,(H,57,61)/t47-,50+,51+,55+/m0/s1. The minimum atomic E-state index is -4.00. The first-order chi connectivity index (χ1) is 33.2. The van der Waals surface area contributed by atoms with Gasteiger partial charge in [-0.2, -0.15) is 4.72 Å². The fraction of sp³-hybridized carbons (Fsp3) is 0.179. The molecule has 0 spiro atoms. The molecule has 7 aromatic carbocycles. The van der Waals surface area contributed by atoms with Crippen LogP contribution in [-0.4, -0.2) is 42.3 Å². The highest BCUT2D eigenvalue weighted by atomic mass is 32.2. The van der Waals surface area contributed by atoms with Gasteiger partial charge in [0.2, 0.25) is 15.9 Å². The zero-order valence-electron chi connectivity index (χ0n) is 37.4. The highest BCUT2D eigenvalue weighted by Crippen LogP contribution is 2.41. The molecule has 0 bridgehead atoms. The number of rotatable bonds is 17. The van der Waals surface area contributed by atoms with Crippen LogP contribution in [-0.2, 0) is 43.9 Å². The van der Waals surface area contributed by atoms with Crippen molar-refractivity contribution in [2.24, 2.45) is 0 Å². The minimum absolute atomic E-state index is 0.0460. The summed E-state index contributed by atoms with van der Waals surface area (Å²) in [6.45, 7) is 2.01. The van der Waals surface area contributed by atoms with Gasteiger partial charge in [0.1, 0.15) is 11.7 Å². The Morgan fingerprint density at radius 3 is 2.03 bits per heavy atom. The van der Waals surface area contributed by atoms with Crippen molar-refractivity contribution in [3.8, 4) is 33.7 Å². The third kappa shape index (κ3) is 11.4. The fourth-order valence-electron chi connectivity index (χ4n) is 8.22. The van der Waals surface area contributed by atoms with Crippen LogP contribution in [0.2, 0.25) is 0 Å². The van der Waals surface area contributed by atoms with Crippen LogP contribution in [0.5, 0.6) is 0 Å². The molecule has 1 aliphatic rings. The zero-order valence-corrected chi connectivity index (χ0v) is 39.0. The molecule has 0 unspecified atom stereocenters. The molecule has 68 heavy (non-hydrogen) atoms. The van der Waals surface area contributed by atoms with Crippen LogP contribution < -0.4 is 10.0 Å². The van der Waals surface area contributed by atoms with Crippen molar-refractivity contribution in [2.75, 3.05) is 5.75 Å². The lowest BCUT2D eigenvalue weighted by molar-refractivity contribution is -0.245. The second kappa shape index (κ2) is 21.5. The summed E-state index contributed by atoms with van der Waals surface area (Å²) < 4.78 is 49.5. The topological polar surface area (TPSA) is 140 Å². The summed E-state index contributed by atoms with van der Waals surface area (Å²) in [5, 5.41) is 13.3. The van der Waals surface area contributed by atoms with Gasteiger partial charge in [-0.25, -0.2) is 13.4 Å². The number of hydrogen-bond acceptors (Lipinski definition) is 9. The third-order valence-electron chi connectivity index (χ3n) is 11.9. The van der Waals surface area contributed by atoms with Gasteiger partial charge in [-0.15, -0.1) is 0 Å². The number of carbonyl (C=O) groups excluding carboxylic acids is 1. The van der Waals surface area contributed by atoms with E-state index in [-0.39, 0.29) is 36.7 Å². The summed E-state index contributed by atoms with van der Waals surface area (Å²) in [5.74, 6) is 0.834. The number of thioether (sulfide) groups is 1. The van der Waals surface area contributed by atoms with Crippen molar-refractivity contribution >= 4 is 27.7 Å². The molecule has 10 nitrogen and oxygen atoms in total. The van der Waals surface area contributed by atoms with Gasteiger partial charge in [-0.1, -0.05) is 193 Å². The molecule has 9 rings (SSSR count). The predicted octanol–water partition coefficient (Wildman–Crippen LogP) is 11.0. The maximum absolute atomic E-state index is 13.9. The van der Waals surface area contributed by atoms with Crippen LogP contribution >= 0.6 is 11.8 Å². The highest BCUT2D eigenvalue weighted by molar-refractivity contribution is 7.99. The second-order valence-corrected chi connectivity index (χ2v) is 19.4. The van der Waals surface area contributed by atoms with Gasteiger partial charge in [0.05, 0.1) is 23.7 Å². The smallest absolute Gasteiger partial charge is 0.256 e. The van der Waals surface area contributed by atoms with E-state index < -0.39 is 28.3 Å². The molecule has 0 saturated carbocycles. The predicted molar refractivity (Wildman–Crippen MR) is 266 cm³/mol. The van der Waals surface area contributed by atoms with Crippen LogP contribution in [0.15, 0.2) is 203 Å². The van der Waals surface area contributed by atoms with E-state index in [0.29, 0.717) is 23.2 Å². The number of amides is 1. The van der Waals surface area contributed by atoms with Gasteiger partial charge >= 0.3 is 0 Å². The first-order valence-electron chi connectivity index (χ1n) is 22.5. The van der Waals surface area contributed by atoms with Gasteiger partial charge in [0.25, 0.3) is 5.22 Å². The summed E-state index contributed by atoms with van der Waals surface area (Å²) in [6.07, 6.45) is -0.437. The van der Waals surface area contributed by atoms with Gasteiger partial charge < -0.3 is 24.3 Å². The fourth-order valence-corrected chi connectivity index (χ4v) is 10.3. The SMILES string of the molecule is Cc1ccc(S(=O)(=O)N[C@H](Cc2ccccc2)C(=O)NCc2ccccc2-c2ccc([C@@H]3O[C@H](CSc4nc(-c5ccccc5)c(-c5ccccc5)o4)C[C@H](c4ccc(CO)cc4)O3)cc2)cc1. The maximum Gasteiger partial charge on any atom is 0.256 e. The van der Waals surface area contributed by atoms with E-state index in [1.807, 2.05) is 171 Å². The number of sulfonamides is 1. The molecule has 2 heterocycles. The lowest BCUT2D eigenvalue weighted by Gasteiger charge is -2.36. The first-order valence-corrected chi connectivity index (χ1v) is 25.0. The van der Waals surface area contributed by atoms with Gasteiger partial charge in [-0.05, 0) is 58.9 Å². The molecule has 3 N–H and O–H groups in total.